The van der Waals surface area contributed by atoms with E-state index in [1.165, 1.54) is 35.2 Å². The average Bonchev–Trinajstić information content (AvgIpc) is 2.98. The lowest BCUT2D eigenvalue weighted by Gasteiger charge is -2.25. The van der Waals surface area contributed by atoms with Crippen molar-refractivity contribution in [2.75, 3.05) is 4.90 Å². The Balaban J connectivity index is 1.53. The number of ether oxygens (including phenoxy) is 1. The summed E-state index contributed by atoms with van der Waals surface area (Å²) in [6, 6.07) is 11.3. The second kappa shape index (κ2) is 7.70. The molecule has 0 spiro atoms. The van der Waals surface area contributed by atoms with Crippen molar-refractivity contribution in [3.8, 4) is 5.75 Å². The Morgan fingerprint density at radius 1 is 1.07 bits per heavy atom. The number of esters is 1. The molecule has 2 aromatic carbocycles. The Hall–Kier alpha value is -3.55. The van der Waals surface area contributed by atoms with Crippen LogP contribution in [0.5, 0.6) is 5.75 Å². The maximum absolute atomic E-state index is 12.9. The highest BCUT2D eigenvalue weighted by Crippen LogP contribution is 2.42. The molecular formula is C22H20N2O6. The summed E-state index contributed by atoms with van der Waals surface area (Å²) in [4.78, 5) is 49.5. The number of rotatable bonds is 4. The van der Waals surface area contributed by atoms with Crippen LogP contribution in [0.2, 0.25) is 0 Å². The number of carbonyl (C=O) groups excluding carboxylic acids is 3. The smallest absolute Gasteiger partial charge is 0.343 e. The Bertz CT molecular complexity index is 1030. The number of amides is 2. The van der Waals surface area contributed by atoms with Crippen molar-refractivity contribution in [3.05, 3.63) is 64.2 Å². The predicted molar refractivity (Wildman–Crippen MR) is 107 cm³/mol. The van der Waals surface area contributed by atoms with Gasteiger partial charge in [-0.1, -0.05) is 13.0 Å². The molecule has 0 unspecified atom stereocenters. The van der Waals surface area contributed by atoms with E-state index in [4.69, 9.17) is 4.74 Å². The van der Waals surface area contributed by atoms with Crippen LogP contribution in [0.15, 0.2) is 48.5 Å². The van der Waals surface area contributed by atoms with Crippen molar-refractivity contribution in [2.24, 2.45) is 17.8 Å². The summed E-state index contributed by atoms with van der Waals surface area (Å²) in [6.45, 7) is 2.09. The second-order valence-corrected chi connectivity index (χ2v) is 7.83. The molecule has 154 valence electrons. The topological polar surface area (TPSA) is 107 Å². The summed E-state index contributed by atoms with van der Waals surface area (Å²) in [5.41, 5.74) is 0.399. The minimum Gasteiger partial charge on any atom is -0.423 e. The van der Waals surface area contributed by atoms with Crippen LogP contribution in [0.3, 0.4) is 0 Å². The minimum absolute atomic E-state index is 0.129. The number of fused-ring (bicyclic) bond motifs is 1. The Morgan fingerprint density at radius 2 is 1.77 bits per heavy atom. The van der Waals surface area contributed by atoms with Gasteiger partial charge in [0.2, 0.25) is 11.8 Å². The van der Waals surface area contributed by atoms with Gasteiger partial charge in [-0.05, 0) is 49.4 Å². The zero-order valence-electron chi connectivity index (χ0n) is 16.3. The van der Waals surface area contributed by atoms with Crippen molar-refractivity contribution >= 4 is 29.2 Å². The lowest BCUT2D eigenvalue weighted by molar-refractivity contribution is -0.384. The van der Waals surface area contributed by atoms with Crippen molar-refractivity contribution in [2.45, 2.75) is 26.2 Å². The molecule has 1 heterocycles. The van der Waals surface area contributed by atoms with E-state index in [1.54, 1.807) is 18.2 Å². The molecule has 2 fully saturated rings. The van der Waals surface area contributed by atoms with E-state index >= 15 is 0 Å². The summed E-state index contributed by atoms with van der Waals surface area (Å²) in [5.74, 6) is -1.06. The molecule has 0 radical (unpaired) electrons. The molecule has 4 rings (SSSR count). The molecule has 2 amide bonds. The average molecular weight is 408 g/mol. The van der Waals surface area contributed by atoms with E-state index in [1.807, 2.05) is 0 Å². The molecule has 1 saturated heterocycles. The summed E-state index contributed by atoms with van der Waals surface area (Å²) in [7, 11) is 0. The van der Waals surface area contributed by atoms with Crippen LogP contribution in [0.25, 0.3) is 0 Å². The zero-order chi connectivity index (χ0) is 21.4. The number of imide groups is 1. The number of nitro groups is 1. The summed E-state index contributed by atoms with van der Waals surface area (Å²) >= 11 is 0. The van der Waals surface area contributed by atoms with Gasteiger partial charge in [0.25, 0.3) is 5.69 Å². The van der Waals surface area contributed by atoms with Crippen LogP contribution in [-0.4, -0.2) is 22.7 Å². The molecule has 0 N–H and O–H groups in total. The van der Waals surface area contributed by atoms with Crippen LogP contribution < -0.4 is 9.64 Å². The van der Waals surface area contributed by atoms with E-state index in [0.717, 1.165) is 6.42 Å². The molecular weight excluding hydrogens is 388 g/mol. The third-order valence-corrected chi connectivity index (χ3v) is 5.79. The molecule has 1 aliphatic heterocycles. The molecule has 2 aliphatic rings. The largest absolute Gasteiger partial charge is 0.423 e. The molecule has 0 bridgehead atoms. The molecule has 8 nitrogen and oxygen atoms in total. The third kappa shape index (κ3) is 3.56. The fourth-order valence-corrected chi connectivity index (χ4v) is 4.22. The number of benzene rings is 2. The van der Waals surface area contributed by atoms with E-state index in [9.17, 15) is 24.5 Å². The Kier molecular flexibility index (Phi) is 5.07. The molecule has 8 heteroatoms. The first kappa shape index (κ1) is 19.8. The first-order valence-electron chi connectivity index (χ1n) is 9.79. The predicted octanol–water partition coefficient (Wildman–Crippen LogP) is 3.74. The van der Waals surface area contributed by atoms with Crippen LogP contribution in [0, 0.1) is 27.9 Å². The molecule has 2 aromatic rings. The van der Waals surface area contributed by atoms with Gasteiger partial charge < -0.3 is 4.74 Å². The molecule has 1 aliphatic carbocycles. The number of anilines is 1. The molecule has 1 saturated carbocycles. The normalized spacial score (nSPS) is 23.2. The van der Waals surface area contributed by atoms with Gasteiger partial charge in [-0.15, -0.1) is 0 Å². The summed E-state index contributed by atoms with van der Waals surface area (Å²) < 4.78 is 5.35. The van der Waals surface area contributed by atoms with Crippen molar-refractivity contribution in [1.82, 2.24) is 0 Å². The summed E-state index contributed by atoms with van der Waals surface area (Å²) in [5, 5.41) is 10.7. The minimum atomic E-state index is -0.691. The number of nitro benzene ring substituents is 1. The Morgan fingerprint density at radius 3 is 2.47 bits per heavy atom. The highest BCUT2D eigenvalue weighted by molar-refractivity contribution is 6.22. The van der Waals surface area contributed by atoms with E-state index in [-0.39, 0.29) is 40.7 Å². The highest BCUT2D eigenvalue weighted by atomic mass is 16.6. The van der Waals surface area contributed by atoms with Gasteiger partial charge in [-0.2, -0.15) is 0 Å². The van der Waals surface area contributed by atoms with Gasteiger partial charge in [0.05, 0.1) is 28.0 Å². The quantitative estimate of drug-likeness (QED) is 0.251. The van der Waals surface area contributed by atoms with E-state index in [0.29, 0.717) is 24.4 Å². The van der Waals surface area contributed by atoms with Crippen LogP contribution in [0.1, 0.15) is 36.5 Å². The van der Waals surface area contributed by atoms with Gasteiger partial charge >= 0.3 is 5.97 Å². The van der Waals surface area contributed by atoms with Gasteiger partial charge in [0.1, 0.15) is 5.75 Å². The maximum atomic E-state index is 12.9. The number of hydrogen-bond donors (Lipinski definition) is 0. The molecule has 30 heavy (non-hydrogen) atoms. The van der Waals surface area contributed by atoms with Crippen LogP contribution >= 0.6 is 0 Å². The van der Waals surface area contributed by atoms with Crippen LogP contribution in [0.4, 0.5) is 11.4 Å². The SMILES string of the molecule is C[C@@H]1CC[C@H]2C(=O)N(c3cccc(OC(=O)c4ccc([N+](=O)[O-])cc4)c3)C(=O)[C@H]2C1. The summed E-state index contributed by atoms with van der Waals surface area (Å²) in [6.07, 6.45) is 2.35. The van der Waals surface area contributed by atoms with Crippen molar-refractivity contribution in [1.29, 1.82) is 0 Å². The maximum Gasteiger partial charge on any atom is 0.343 e. The Labute approximate surface area is 172 Å². The zero-order valence-corrected chi connectivity index (χ0v) is 16.3. The number of hydrogen-bond acceptors (Lipinski definition) is 6. The fraction of sp³-hybridized carbons (Fsp3) is 0.318. The van der Waals surface area contributed by atoms with Crippen molar-refractivity contribution in [3.63, 3.8) is 0 Å². The first-order chi connectivity index (χ1) is 14.3. The fourth-order valence-electron chi connectivity index (χ4n) is 4.22. The van der Waals surface area contributed by atoms with E-state index in [2.05, 4.69) is 6.92 Å². The number of non-ortho nitro benzene ring substituents is 1. The lowest BCUT2D eigenvalue weighted by Crippen LogP contribution is -2.30. The standard InChI is InChI=1S/C22H20N2O6/c1-13-5-10-18-19(11-13)21(26)23(20(18)25)16-3-2-4-17(12-16)30-22(27)14-6-8-15(9-7-14)24(28)29/h2-4,6-9,12-13,18-19H,5,10-11H2,1H3/t13-,18-,19+/m1/s1. The van der Waals surface area contributed by atoms with Gasteiger partial charge in [0, 0.05) is 18.2 Å². The number of carbonyl (C=O) groups is 3. The molecule has 3 atom stereocenters. The second-order valence-electron chi connectivity index (χ2n) is 7.83. The number of nitrogens with zero attached hydrogens (tertiary/aromatic N) is 2. The van der Waals surface area contributed by atoms with Crippen molar-refractivity contribution < 1.29 is 24.0 Å². The highest BCUT2D eigenvalue weighted by Gasteiger charge is 2.50. The third-order valence-electron chi connectivity index (χ3n) is 5.79. The molecule has 0 aromatic heterocycles. The van der Waals surface area contributed by atoms with E-state index < -0.39 is 10.9 Å². The van der Waals surface area contributed by atoms with Gasteiger partial charge in [0.15, 0.2) is 0 Å². The lowest BCUT2D eigenvalue weighted by atomic mass is 9.76. The first-order valence-corrected chi connectivity index (χ1v) is 9.79. The monoisotopic (exact) mass is 408 g/mol. The van der Waals surface area contributed by atoms with Crippen LogP contribution in [-0.2, 0) is 9.59 Å². The van der Waals surface area contributed by atoms with Gasteiger partial charge in [-0.3, -0.25) is 19.7 Å². The van der Waals surface area contributed by atoms with Gasteiger partial charge in [-0.25, -0.2) is 9.69 Å².